The Morgan fingerprint density at radius 2 is 2.00 bits per heavy atom. The molecular weight excluding hydrogens is 344 g/mol. The van der Waals surface area contributed by atoms with Crippen LogP contribution in [0.25, 0.3) is 10.2 Å². The summed E-state index contributed by atoms with van der Waals surface area (Å²) in [6, 6.07) is 16.0. The van der Waals surface area contributed by atoms with Gasteiger partial charge in [0.05, 0.1) is 16.3 Å². The predicted octanol–water partition coefficient (Wildman–Crippen LogP) is 4.74. The number of nitrogens with zero attached hydrogens (tertiary/aromatic N) is 2. The summed E-state index contributed by atoms with van der Waals surface area (Å²) in [6.45, 7) is 2.84. The quantitative estimate of drug-likeness (QED) is 0.670. The maximum absolute atomic E-state index is 12.9. The average molecular weight is 366 g/mol. The van der Waals surface area contributed by atoms with E-state index in [-0.39, 0.29) is 18.6 Å². The van der Waals surface area contributed by atoms with Crippen molar-refractivity contribution in [2.75, 3.05) is 13.2 Å². The van der Waals surface area contributed by atoms with E-state index >= 15 is 0 Å². The highest BCUT2D eigenvalue weighted by molar-refractivity contribution is 7.18. The number of para-hydroxylation sites is 2. The number of fused-ring (bicyclic) bond motifs is 1. The van der Waals surface area contributed by atoms with E-state index in [1.54, 1.807) is 11.3 Å². The second-order valence-corrected chi connectivity index (χ2v) is 7.73. The molecule has 2 aromatic carbocycles. The van der Waals surface area contributed by atoms with E-state index in [0.717, 1.165) is 47.6 Å². The maximum atomic E-state index is 12.9. The number of benzene rings is 2. The van der Waals surface area contributed by atoms with Gasteiger partial charge >= 0.3 is 0 Å². The summed E-state index contributed by atoms with van der Waals surface area (Å²) >= 11 is 1.70. The Kier molecular flexibility index (Phi) is 4.89. The van der Waals surface area contributed by atoms with Gasteiger partial charge in [0.15, 0.2) is 6.61 Å². The van der Waals surface area contributed by atoms with Crippen LogP contribution in [0.2, 0.25) is 0 Å². The number of thiazole rings is 1. The molecule has 26 heavy (non-hydrogen) atoms. The van der Waals surface area contributed by atoms with E-state index in [0.29, 0.717) is 0 Å². The Morgan fingerprint density at radius 3 is 2.85 bits per heavy atom. The number of hydrogen-bond acceptors (Lipinski definition) is 4. The molecular formula is C21H22N2O2S. The molecule has 4 nitrogen and oxygen atoms in total. The molecule has 1 atom stereocenters. The van der Waals surface area contributed by atoms with Crippen molar-refractivity contribution in [2.24, 2.45) is 0 Å². The number of ether oxygens (including phenoxy) is 1. The fraction of sp³-hybridized carbons (Fsp3) is 0.333. The second-order valence-electron chi connectivity index (χ2n) is 6.67. The van der Waals surface area contributed by atoms with Gasteiger partial charge in [-0.05, 0) is 49.9 Å². The van der Waals surface area contributed by atoms with Gasteiger partial charge in [0.1, 0.15) is 10.8 Å². The first-order valence-electron chi connectivity index (χ1n) is 9.06. The number of aromatic nitrogens is 1. The highest BCUT2D eigenvalue weighted by atomic mass is 32.1. The molecule has 5 heteroatoms. The topological polar surface area (TPSA) is 42.4 Å². The number of hydrogen-bond donors (Lipinski definition) is 0. The third-order valence-corrected chi connectivity index (χ3v) is 6.00. The zero-order valence-corrected chi connectivity index (χ0v) is 15.7. The molecule has 4 rings (SSSR count). The molecule has 1 fully saturated rings. The van der Waals surface area contributed by atoms with Crippen LogP contribution in [0.4, 0.5) is 0 Å². The minimum Gasteiger partial charge on any atom is -0.484 e. The molecule has 1 saturated heterocycles. The lowest BCUT2D eigenvalue weighted by Crippen LogP contribution is -2.41. The van der Waals surface area contributed by atoms with Crippen LogP contribution in [-0.4, -0.2) is 28.9 Å². The molecule has 134 valence electrons. The van der Waals surface area contributed by atoms with Gasteiger partial charge in [0.25, 0.3) is 5.91 Å². The normalized spacial score (nSPS) is 17.4. The second kappa shape index (κ2) is 7.46. The average Bonchev–Trinajstić information content (AvgIpc) is 3.11. The number of carbonyl (C=O) groups is 1. The monoisotopic (exact) mass is 366 g/mol. The predicted molar refractivity (Wildman–Crippen MR) is 105 cm³/mol. The first-order valence-corrected chi connectivity index (χ1v) is 9.87. The van der Waals surface area contributed by atoms with Gasteiger partial charge in [-0.1, -0.05) is 30.3 Å². The Hall–Kier alpha value is -2.40. The number of carbonyl (C=O) groups excluding carboxylic acids is 1. The molecule has 0 saturated carbocycles. The molecule has 2 heterocycles. The van der Waals surface area contributed by atoms with E-state index < -0.39 is 0 Å². The van der Waals surface area contributed by atoms with Crippen LogP contribution in [0.1, 0.15) is 35.9 Å². The van der Waals surface area contributed by atoms with Crippen LogP contribution in [0.15, 0.2) is 48.5 Å². The molecule has 0 unspecified atom stereocenters. The standard InChI is InChI=1S/C21H22N2O2S/c1-15-8-2-4-11-18(15)25-14-20(24)23-13-7-6-10-17(23)21-22-16-9-3-5-12-19(16)26-21/h2-5,8-9,11-12,17H,6-7,10,13-14H2,1H3/t17-/m0/s1. The lowest BCUT2D eigenvalue weighted by Gasteiger charge is -2.34. The summed E-state index contributed by atoms with van der Waals surface area (Å²) in [4.78, 5) is 19.6. The van der Waals surface area contributed by atoms with E-state index in [1.165, 1.54) is 4.70 Å². The first-order chi connectivity index (χ1) is 12.7. The molecule has 1 aromatic heterocycles. The highest BCUT2D eigenvalue weighted by Crippen LogP contribution is 2.35. The van der Waals surface area contributed by atoms with Gasteiger partial charge in [-0.15, -0.1) is 11.3 Å². The van der Waals surface area contributed by atoms with E-state index in [4.69, 9.17) is 9.72 Å². The van der Waals surface area contributed by atoms with Crippen molar-refractivity contribution >= 4 is 27.5 Å². The molecule has 1 amide bonds. The molecule has 0 aliphatic carbocycles. The summed E-state index contributed by atoms with van der Waals surface area (Å²) in [5.74, 6) is 0.812. The van der Waals surface area contributed by atoms with Crippen molar-refractivity contribution < 1.29 is 9.53 Å². The van der Waals surface area contributed by atoms with Gasteiger partial charge in [-0.3, -0.25) is 4.79 Å². The van der Waals surface area contributed by atoms with Crippen molar-refractivity contribution in [1.82, 2.24) is 9.88 Å². The molecule has 0 N–H and O–H groups in total. The number of aryl methyl sites for hydroxylation is 1. The van der Waals surface area contributed by atoms with E-state index in [2.05, 4.69) is 6.07 Å². The van der Waals surface area contributed by atoms with Gasteiger partial charge < -0.3 is 9.64 Å². The van der Waals surface area contributed by atoms with Crippen LogP contribution >= 0.6 is 11.3 Å². The van der Waals surface area contributed by atoms with E-state index in [9.17, 15) is 4.79 Å². The van der Waals surface area contributed by atoms with Crippen LogP contribution in [0.5, 0.6) is 5.75 Å². The van der Waals surface area contributed by atoms with Gasteiger partial charge in [-0.2, -0.15) is 0 Å². The Morgan fingerprint density at radius 1 is 1.19 bits per heavy atom. The van der Waals surface area contributed by atoms with Crippen molar-refractivity contribution in [1.29, 1.82) is 0 Å². The highest BCUT2D eigenvalue weighted by Gasteiger charge is 2.30. The summed E-state index contributed by atoms with van der Waals surface area (Å²) in [7, 11) is 0. The molecule has 0 bridgehead atoms. The summed E-state index contributed by atoms with van der Waals surface area (Å²) in [5, 5.41) is 1.04. The third kappa shape index (κ3) is 3.44. The van der Waals surface area contributed by atoms with Crippen LogP contribution in [0.3, 0.4) is 0 Å². The van der Waals surface area contributed by atoms with Gasteiger partial charge in [0.2, 0.25) is 0 Å². The third-order valence-electron chi connectivity index (χ3n) is 4.86. The molecule has 0 spiro atoms. The van der Waals surface area contributed by atoms with Crippen molar-refractivity contribution in [3.63, 3.8) is 0 Å². The molecule has 3 aromatic rings. The van der Waals surface area contributed by atoms with Gasteiger partial charge in [0, 0.05) is 6.54 Å². The number of likely N-dealkylation sites (tertiary alicyclic amines) is 1. The number of rotatable bonds is 4. The fourth-order valence-corrected chi connectivity index (χ4v) is 4.58. The number of amides is 1. The summed E-state index contributed by atoms with van der Waals surface area (Å²) in [6.07, 6.45) is 3.14. The zero-order valence-electron chi connectivity index (χ0n) is 14.9. The smallest absolute Gasteiger partial charge is 0.261 e. The molecule has 1 aliphatic rings. The minimum atomic E-state index is 0.0391. The lowest BCUT2D eigenvalue weighted by atomic mass is 10.0. The van der Waals surface area contributed by atoms with Crippen LogP contribution < -0.4 is 4.74 Å². The van der Waals surface area contributed by atoms with Crippen molar-refractivity contribution in [3.8, 4) is 5.75 Å². The van der Waals surface area contributed by atoms with Crippen LogP contribution in [0, 0.1) is 6.92 Å². The number of piperidine rings is 1. The molecule has 1 aliphatic heterocycles. The summed E-state index contributed by atoms with van der Waals surface area (Å²) < 4.78 is 6.96. The van der Waals surface area contributed by atoms with Gasteiger partial charge in [-0.25, -0.2) is 4.98 Å². The molecule has 0 radical (unpaired) electrons. The zero-order chi connectivity index (χ0) is 17.9. The van der Waals surface area contributed by atoms with E-state index in [1.807, 2.05) is 54.3 Å². The SMILES string of the molecule is Cc1ccccc1OCC(=O)N1CCCC[C@H]1c1nc2ccccc2s1. The Balaban J connectivity index is 1.51. The largest absolute Gasteiger partial charge is 0.484 e. The van der Waals surface area contributed by atoms with Crippen LogP contribution in [-0.2, 0) is 4.79 Å². The maximum Gasteiger partial charge on any atom is 0.261 e. The first kappa shape index (κ1) is 17.0. The fourth-order valence-electron chi connectivity index (χ4n) is 3.46. The minimum absolute atomic E-state index is 0.0391. The van der Waals surface area contributed by atoms with Crippen molar-refractivity contribution in [2.45, 2.75) is 32.2 Å². The Labute approximate surface area is 157 Å². The Bertz CT molecular complexity index is 888. The van der Waals surface area contributed by atoms with Crippen molar-refractivity contribution in [3.05, 3.63) is 59.1 Å². The summed E-state index contributed by atoms with van der Waals surface area (Å²) in [5.41, 5.74) is 2.06. The lowest BCUT2D eigenvalue weighted by molar-refractivity contribution is -0.137.